The molecule has 3 saturated heterocycles. The van der Waals surface area contributed by atoms with Crippen LogP contribution in [0.4, 0.5) is 23.9 Å². The topological polar surface area (TPSA) is 137 Å². The lowest BCUT2D eigenvalue weighted by Crippen LogP contribution is -2.43. The fourth-order valence-corrected chi connectivity index (χ4v) is 4.64. The second kappa shape index (κ2) is 11.7. The second-order valence-electron chi connectivity index (χ2n) is 9.06. The molecule has 0 bridgehead atoms. The number of fused-ring (bicyclic) bond motifs is 1. The Hall–Kier alpha value is -3.16. The summed E-state index contributed by atoms with van der Waals surface area (Å²) in [5, 5.41) is 12.8. The van der Waals surface area contributed by atoms with Crippen LogP contribution in [0.5, 0.6) is 0 Å². The highest BCUT2D eigenvalue weighted by Crippen LogP contribution is 2.36. The fraction of sp³-hybridized carbons (Fsp3) is 0.682. The van der Waals surface area contributed by atoms with Gasteiger partial charge in [-0.05, 0) is 32.3 Å². The van der Waals surface area contributed by atoms with Gasteiger partial charge < -0.3 is 30.3 Å². The van der Waals surface area contributed by atoms with E-state index in [0.29, 0.717) is 51.0 Å². The second-order valence-corrected chi connectivity index (χ2v) is 9.06. The number of rotatable bonds is 6. The van der Waals surface area contributed by atoms with Crippen LogP contribution in [0.1, 0.15) is 24.2 Å². The van der Waals surface area contributed by atoms with Crippen molar-refractivity contribution in [2.45, 2.75) is 39.0 Å². The minimum absolute atomic E-state index is 0.00433. The zero-order chi connectivity index (χ0) is 26.5. The number of aliphatic carboxylic acids is 1. The van der Waals surface area contributed by atoms with Crippen molar-refractivity contribution in [1.29, 1.82) is 0 Å². The van der Waals surface area contributed by atoms with E-state index in [1.54, 1.807) is 4.90 Å². The first-order valence-corrected chi connectivity index (χ1v) is 11.7. The summed E-state index contributed by atoms with van der Waals surface area (Å²) in [6.07, 6.45) is -3.75. The molecule has 3 amide bonds. The van der Waals surface area contributed by atoms with Gasteiger partial charge in [0, 0.05) is 56.6 Å². The molecule has 3 fully saturated rings. The van der Waals surface area contributed by atoms with E-state index in [0.717, 1.165) is 36.8 Å². The predicted molar refractivity (Wildman–Crippen MR) is 121 cm³/mol. The van der Waals surface area contributed by atoms with Crippen molar-refractivity contribution in [3.8, 4) is 0 Å². The largest absolute Gasteiger partial charge is 0.490 e. The predicted octanol–water partition coefficient (Wildman–Crippen LogP) is 1.10. The third-order valence-electron chi connectivity index (χ3n) is 6.33. The van der Waals surface area contributed by atoms with E-state index in [2.05, 4.69) is 25.5 Å². The highest BCUT2D eigenvalue weighted by Gasteiger charge is 2.42. The average Bonchev–Trinajstić information content (AvgIpc) is 3.38. The Morgan fingerprint density at radius 1 is 1.25 bits per heavy atom. The molecule has 0 saturated carbocycles. The molecule has 3 aliphatic heterocycles. The summed E-state index contributed by atoms with van der Waals surface area (Å²) >= 11 is 0. The number of nitrogens with one attached hydrogen (secondary N) is 2. The highest BCUT2D eigenvalue weighted by atomic mass is 19.4. The van der Waals surface area contributed by atoms with E-state index in [1.807, 2.05) is 19.9 Å². The van der Waals surface area contributed by atoms with E-state index in [-0.39, 0.29) is 18.0 Å². The number of alkyl halides is 3. The van der Waals surface area contributed by atoms with Gasteiger partial charge in [0.1, 0.15) is 0 Å². The first-order valence-electron chi connectivity index (χ1n) is 11.7. The molecule has 4 rings (SSSR count). The minimum atomic E-state index is -5.08. The van der Waals surface area contributed by atoms with Gasteiger partial charge in [0.05, 0.1) is 19.1 Å². The molecular formula is C22H31F3N6O5. The van der Waals surface area contributed by atoms with Crippen LogP contribution in [0, 0.1) is 25.7 Å². The van der Waals surface area contributed by atoms with Crippen molar-refractivity contribution in [3.05, 3.63) is 17.5 Å². The summed E-state index contributed by atoms with van der Waals surface area (Å²) in [6.45, 7) is 8.82. The van der Waals surface area contributed by atoms with Gasteiger partial charge in [0.2, 0.25) is 11.9 Å². The normalized spacial score (nSPS) is 23.5. The first kappa shape index (κ1) is 27.4. The number of carbonyl (C=O) groups excluding carboxylic acids is 2. The van der Waals surface area contributed by atoms with Crippen molar-refractivity contribution < 1.29 is 37.4 Å². The van der Waals surface area contributed by atoms with Gasteiger partial charge in [-0.2, -0.15) is 13.2 Å². The lowest BCUT2D eigenvalue weighted by Gasteiger charge is -2.35. The monoisotopic (exact) mass is 516 g/mol. The lowest BCUT2D eigenvalue weighted by atomic mass is 9.83. The Kier molecular flexibility index (Phi) is 8.93. The van der Waals surface area contributed by atoms with Crippen molar-refractivity contribution in [2.75, 3.05) is 50.8 Å². The van der Waals surface area contributed by atoms with Crippen LogP contribution in [0.3, 0.4) is 0 Å². The van der Waals surface area contributed by atoms with E-state index < -0.39 is 12.1 Å². The summed E-state index contributed by atoms with van der Waals surface area (Å²) in [6, 6.07) is 1.93. The Morgan fingerprint density at radius 2 is 1.92 bits per heavy atom. The molecule has 0 radical (unpaired) electrons. The molecule has 3 aliphatic rings. The molecule has 200 valence electrons. The van der Waals surface area contributed by atoms with Gasteiger partial charge in [0.25, 0.3) is 0 Å². The summed E-state index contributed by atoms with van der Waals surface area (Å²) in [7, 11) is 0. The Labute approximate surface area is 206 Å². The maximum atomic E-state index is 12.3. The number of aryl methyl sites for hydroxylation is 2. The number of piperidine rings is 1. The maximum absolute atomic E-state index is 12.3. The molecular weight excluding hydrogens is 485 g/mol. The van der Waals surface area contributed by atoms with Crippen molar-refractivity contribution in [2.24, 2.45) is 11.8 Å². The number of hydrogen-bond acceptors (Lipinski definition) is 7. The number of hydrogen-bond donors (Lipinski definition) is 3. The number of aromatic nitrogens is 2. The molecule has 0 unspecified atom stereocenters. The average molecular weight is 517 g/mol. The van der Waals surface area contributed by atoms with Crippen LogP contribution in [0.2, 0.25) is 0 Å². The fourth-order valence-electron chi connectivity index (χ4n) is 4.64. The van der Waals surface area contributed by atoms with E-state index in [4.69, 9.17) is 14.6 Å². The minimum Gasteiger partial charge on any atom is -0.475 e. The molecule has 1 aromatic rings. The summed E-state index contributed by atoms with van der Waals surface area (Å²) < 4.78 is 37.7. The maximum Gasteiger partial charge on any atom is 0.490 e. The zero-order valence-electron chi connectivity index (χ0n) is 20.2. The van der Waals surface area contributed by atoms with Crippen LogP contribution in [-0.4, -0.2) is 96.0 Å². The lowest BCUT2D eigenvalue weighted by molar-refractivity contribution is -0.192. The number of nitrogens with zero attached hydrogens (tertiary/aromatic N) is 4. The van der Waals surface area contributed by atoms with Crippen molar-refractivity contribution in [3.63, 3.8) is 0 Å². The molecule has 0 aliphatic carbocycles. The van der Waals surface area contributed by atoms with Crippen LogP contribution in [0.15, 0.2) is 6.07 Å². The quantitative estimate of drug-likeness (QED) is 0.511. The Bertz CT molecular complexity index is 942. The summed E-state index contributed by atoms with van der Waals surface area (Å²) in [5.74, 6) is -1.16. The van der Waals surface area contributed by atoms with Crippen LogP contribution < -0.4 is 15.5 Å². The number of carboxylic acids is 1. The molecule has 1 aromatic heterocycles. The van der Waals surface area contributed by atoms with E-state index in [9.17, 15) is 22.8 Å². The molecule has 14 heteroatoms. The molecule has 3 atom stereocenters. The molecule has 11 nitrogen and oxygen atoms in total. The van der Waals surface area contributed by atoms with Crippen LogP contribution >= 0.6 is 0 Å². The van der Waals surface area contributed by atoms with Gasteiger partial charge in [-0.3, -0.25) is 4.79 Å². The standard InChI is InChI=1S/C20H30N6O3.C2HF3O2/c1-13-9-14(2)24-19(23-13)26-6-3-16-15(11-26)12-29-17(16)10-18(27)21-4-7-25-8-5-22-20(25)28;3-2(4,5)1(6)7/h9,15-17H,3-8,10-12H2,1-2H3,(H,21,27)(H,22,28);(H,6,7)/t15-,16-,17+;/m1./s1. The number of carboxylic acid groups (broad SMARTS) is 1. The van der Waals surface area contributed by atoms with E-state index >= 15 is 0 Å². The Morgan fingerprint density at radius 3 is 2.50 bits per heavy atom. The third-order valence-corrected chi connectivity index (χ3v) is 6.33. The molecule has 3 N–H and O–H groups in total. The molecule has 0 aromatic carbocycles. The van der Waals surface area contributed by atoms with Crippen LogP contribution in [0.25, 0.3) is 0 Å². The van der Waals surface area contributed by atoms with Gasteiger partial charge in [-0.15, -0.1) is 0 Å². The summed E-state index contributed by atoms with van der Waals surface area (Å²) in [5.41, 5.74) is 1.97. The number of anilines is 1. The van der Waals surface area contributed by atoms with Crippen LogP contribution in [-0.2, 0) is 14.3 Å². The van der Waals surface area contributed by atoms with Gasteiger partial charge in [-0.1, -0.05) is 0 Å². The zero-order valence-corrected chi connectivity index (χ0v) is 20.2. The number of carbonyl (C=O) groups is 3. The highest BCUT2D eigenvalue weighted by molar-refractivity contribution is 5.77. The summed E-state index contributed by atoms with van der Waals surface area (Å²) in [4.78, 5) is 45.9. The molecule has 0 spiro atoms. The number of urea groups is 1. The van der Waals surface area contributed by atoms with Crippen molar-refractivity contribution >= 4 is 23.9 Å². The smallest absolute Gasteiger partial charge is 0.475 e. The number of ether oxygens (including phenoxy) is 1. The van der Waals surface area contributed by atoms with Gasteiger partial charge in [0.15, 0.2) is 0 Å². The number of halogens is 3. The SMILES string of the molecule is Cc1cc(C)nc(N2CC[C@@H]3[C@@H](CO[C@H]3CC(=O)NCCN3CCNC3=O)C2)n1.O=C(O)C(F)(F)F. The molecule has 4 heterocycles. The van der Waals surface area contributed by atoms with Gasteiger partial charge in [-0.25, -0.2) is 19.6 Å². The first-order chi connectivity index (χ1) is 16.9. The third kappa shape index (κ3) is 7.42. The van der Waals surface area contributed by atoms with E-state index in [1.165, 1.54) is 0 Å². The number of amides is 3. The van der Waals surface area contributed by atoms with Crippen molar-refractivity contribution in [1.82, 2.24) is 25.5 Å². The molecule has 36 heavy (non-hydrogen) atoms. The Balaban J connectivity index is 0.000000454. The van der Waals surface area contributed by atoms with Gasteiger partial charge >= 0.3 is 18.2 Å².